The van der Waals surface area contributed by atoms with Crippen molar-refractivity contribution in [3.05, 3.63) is 35.9 Å². The molecule has 0 amide bonds. The van der Waals surface area contributed by atoms with E-state index in [9.17, 15) is 9.90 Å². The molecular weight excluding hydrogens is 354 g/mol. The van der Waals surface area contributed by atoms with Gasteiger partial charge in [0.25, 0.3) is 0 Å². The molecule has 5 nitrogen and oxygen atoms in total. The van der Waals surface area contributed by atoms with Crippen LogP contribution in [-0.2, 0) is 19.9 Å². The van der Waals surface area contributed by atoms with Crippen molar-refractivity contribution in [3.63, 3.8) is 0 Å². The first-order chi connectivity index (χ1) is 13.6. The highest BCUT2D eigenvalue weighted by molar-refractivity contribution is 5.77. The average Bonchev–Trinajstić information content (AvgIpc) is 3.29. The highest BCUT2D eigenvalue weighted by Gasteiger charge is 2.49. The number of hydrogen-bond donors (Lipinski definition) is 1. The number of rotatable bonds is 7. The van der Waals surface area contributed by atoms with Crippen molar-refractivity contribution in [2.45, 2.75) is 63.2 Å². The molecule has 154 valence electrons. The molecule has 1 aliphatic carbocycles. The van der Waals surface area contributed by atoms with Gasteiger partial charge in [-0.1, -0.05) is 43.2 Å². The number of nitrogens with zero attached hydrogens (tertiary/aromatic N) is 1. The molecule has 0 aromatic heterocycles. The van der Waals surface area contributed by atoms with E-state index in [2.05, 4.69) is 4.90 Å². The Hall–Kier alpha value is -1.43. The lowest BCUT2D eigenvalue weighted by atomic mass is 9.79. The lowest BCUT2D eigenvalue weighted by Crippen LogP contribution is -2.62. The lowest BCUT2D eigenvalue weighted by molar-refractivity contribution is -0.185. The fraction of sp³-hybridized carbons (Fsp3) is 0.696. The molecule has 28 heavy (non-hydrogen) atoms. The normalized spacial score (nSPS) is 32.2. The summed E-state index contributed by atoms with van der Waals surface area (Å²) in [5.74, 6) is 0.390. The number of aliphatic hydroxyl groups is 1. The third kappa shape index (κ3) is 3.72. The number of piperidine rings is 3. The van der Waals surface area contributed by atoms with E-state index in [4.69, 9.17) is 9.47 Å². The molecule has 1 aromatic carbocycles. The Bertz CT molecular complexity index is 652. The van der Waals surface area contributed by atoms with Crippen molar-refractivity contribution >= 4 is 5.97 Å². The topological polar surface area (TPSA) is 59.0 Å². The highest BCUT2D eigenvalue weighted by atomic mass is 16.5. The van der Waals surface area contributed by atoms with Crippen LogP contribution in [0.15, 0.2) is 30.3 Å². The van der Waals surface area contributed by atoms with Gasteiger partial charge in [-0.2, -0.15) is 0 Å². The summed E-state index contributed by atoms with van der Waals surface area (Å²) < 4.78 is 11.8. The molecule has 3 unspecified atom stereocenters. The summed E-state index contributed by atoms with van der Waals surface area (Å²) in [5.41, 5.74) is -0.0703. The number of fused-ring (bicyclic) bond motifs is 3. The van der Waals surface area contributed by atoms with Crippen LogP contribution < -0.4 is 0 Å². The summed E-state index contributed by atoms with van der Waals surface area (Å²) in [6.07, 6.45) is 6.27. The minimum absolute atomic E-state index is 0.180. The summed E-state index contributed by atoms with van der Waals surface area (Å²) in [4.78, 5) is 14.9. The molecule has 3 heterocycles. The molecule has 4 fully saturated rings. The number of ether oxygens (including phenoxy) is 2. The molecule has 3 saturated heterocycles. The quantitative estimate of drug-likeness (QED) is 0.729. The lowest BCUT2D eigenvalue weighted by Gasteiger charge is -2.50. The maximum Gasteiger partial charge on any atom is 0.326 e. The van der Waals surface area contributed by atoms with Crippen LogP contribution in [-0.4, -0.2) is 54.4 Å². The van der Waals surface area contributed by atoms with Crippen LogP contribution >= 0.6 is 0 Å². The molecule has 1 N–H and O–H groups in total. The van der Waals surface area contributed by atoms with Gasteiger partial charge in [-0.3, -0.25) is 9.69 Å². The van der Waals surface area contributed by atoms with Crippen molar-refractivity contribution in [2.24, 2.45) is 11.8 Å². The van der Waals surface area contributed by atoms with Gasteiger partial charge in [0.2, 0.25) is 0 Å². The Balaban J connectivity index is 1.54. The predicted molar refractivity (Wildman–Crippen MR) is 107 cm³/mol. The van der Waals surface area contributed by atoms with Crippen LogP contribution in [0.5, 0.6) is 0 Å². The van der Waals surface area contributed by atoms with E-state index < -0.39 is 5.60 Å². The van der Waals surface area contributed by atoms with Crippen molar-refractivity contribution in [3.8, 4) is 0 Å². The fourth-order valence-corrected chi connectivity index (χ4v) is 5.52. The Labute approximate surface area is 168 Å². The van der Waals surface area contributed by atoms with Crippen LogP contribution in [0, 0.1) is 11.8 Å². The Morgan fingerprint density at radius 2 is 1.82 bits per heavy atom. The van der Waals surface area contributed by atoms with E-state index >= 15 is 0 Å². The summed E-state index contributed by atoms with van der Waals surface area (Å²) in [6.45, 7) is 4.33. The molecular formula is C23H33NO4. The van der Waals surface area contributed by atoms with Crippen molar-refractivity contribution < 1.29 is 19.4 Å². The van der Waals surface area contributed by atoms with Gasteiger partial charge in [-0.05, 0) is 63.1 Å². The molecule has 0 spiro atoms. The van der Waals surface area contributed by atoms with Gasteiger partial charge >= 0.3 is 5.97 Å². The molecule has 5 heteroatoms. The minimum atomic E-state index is -0.997. The first-order valence-corrected chi connectivity index (χ1v) is 10.9. The Kier molecular flexibility index (Phi) is 6.04. The first kappa shape index (κ1) is 19.9. The van der Waals surface area contributed by atoms with Gasteiger partial charge in [-0.15, -0.1) is 0 Å². The smallest absolute Gasteiger partial charge is 0.326 e. The number of carbonyl (C=O) groups is 1. The monoisotopic (exact) mass is 387 g/mol. The highest BCUT2D eigenvalue weighted by Crippen LogP contribution is 2.42. The molecule has 3 aliphatic heterocycles. The van der Waals surface area contributed by atoms with Gasteiger partial charge in [0.15, 0.2) is 0 Å². The summed E-state index contributed by atoms with van der Waals surface area (Å²) in [5, 5.41) is 11.8. The maximum absolute atomic E-state index is 12.6. The van der Waals surface area contributed by atoms with E-state index in [0.717, 1.165) is 57.2 Å². The number of carbonyl (C=O) groups excluding carboxylic acids is 1. The summed E-state index contributed by atoms with van der Waals surface area (Å²) in [6, 6.07) is 9.60. The van der Waals surface area contributed by atoms with Crippen molar-refractivity contribution in [1.82, 2.24) is 4.90 Å². The standard InChI is InChI=1S/C23H33NO4/c1-2-27-22(25)20-21(17-12-14-24(20)15-13-17)28-16-23(26,19-10-6-7-11-19)18-8-4-3-5-9-18/h3-5,8-9,17,19-21,26H,2,6-7,10-16H2,1H3. The molecule has 5 rings (SSSR count). The summed E-state index contributed by atoms with van der Waals surface area (Å²) in [7, 11) is 0. The predicted octanol–water partition coefficient (Wildman–Crippen LogP) is 3.11. The second-order valence-electron chi connectivity index (χ2n) is 8.62. The largest absolute Gasteiger partial charge is 0.465 e. The molecule has 4 aliphatic rings. The van der Waals surface area contributed by atoms with Gasteiger partial charge in [-0.25, -0.2) is 0 Å². The average molecular weight is 388 g/mol. The van der Waals surface area contributed by atoms with Crippen molar-refractivity contribution in [1.29, 1.82) is 0 Å². The minimum Gasteiger partial charge on any atom is -0.465 e. The first-order valence-electron chi connectivity index (χ1n) is 10.9. The SMILES string of the molecule is CCOC(=O)C1C(OCC(O)(c2ccccc2)C2CCCC2)C2CCN1CC2. The van der Waals surface area contributed by atoms with Crippen LogP contribution in [0.25, 0.3) is 0 Å². The van der Waals surface area contributed by atoms with Gasteiger partial charge in [0, 0.05) is 0 Å². The number of benzene rings is 1. The van der Waals surface area contributed by atoms with E-state index in [-0.39, 0.29) is 30.6 Å². The number of esters is 1. The van der Waals surface area contributed by atoms with Gasteiger partial charge in [0.05, 0.1) is 19.3 Å². The number of hydrogen-bond acceptors (Lipinski definition) is 5. The zero-order valence-corrected chi connectivity index (χ0v) is 16.9. The van der Waals surface area contributed by atoms with E-state index in [0.29, 0.717) is 12.5 Å². The fourth-order valence-electron chi connectivity index (χ4n) is 5.52. The van der Waals surface area contributed by atoms with E-state index in [1.54, 1.807) is 0 Å². The van der Waals surface area contributed by atoms with Crippen LogP contribution in [0.1, 0.15) is 51.0 Å². The van der Waals surface area contributed by atoms with E-state index in [1.165, 1.54) is 0 Å². The zero-order valence-electron chi connectivity index (χ0n) is 16.9. The molecule has 2 bridgehead atoms. The van der Waals surface area contributed by atoms with Crippen LogP contribution in [0.3, 0.4) is 0 Å². The summed E-state index contributed by atoms with van der Waals surface area (Å²) >= 11 is 0. The molecule has 1 aromatic rings. The van der Waals surface area contributed by atoms with Crippen LogP contribution in [0.2, 0.25) is 0 Å². The maximum atomic E-state index is 12.6. The van der Waals surface area contributed by atoms with Gasteiger partial charge in [0.1, 0.15) is 11.6 Å². The van der Waals surface area contributed by atoms with Gasteiger partial charge < -0.3 is 14.6 Å². The van der Waals surface area contributed by atoms with E-state index in [1.807, 2.05) is 37.3 Å². The second-order valence-corrected chi connectivity index (χ2v) is 8.62. The van der Waals surface area contributed by atoms with Crippen molar-refractivity contribution in [2.75, 3.05) is 26.3 Å². The molecule has 0 radical (unpaired) electrons. The zero-order chi connectivity index (χ0) is 19.6. The van der Waals surface area contributed by atoms with Crippen LogP contribution in [0.4, 0.5) is 0 Å². The molecule has 1 saturated carbocycles. The second kappa shape index (κ2) is 8.52. The Morgan fingerprint density at radius 1 is 1.14 bits per heavy atom. The third-order valence-corrected chi connectivity index (χ3v) is 7.07. The Morgan fingerprint density at radius 3 is 2.46 bits per heavy atom. The molecule has 3 atom stereocenters. The third-order valence-electron chi connectivity index (χ3n) is 7.07.